The first-order valence-corrected chi connectivity index (χ1v) is 13.9. The Kier molecular flexibility index (Phi) is 10.9. The van der Waals surface area contributed by atoms with Crippen molar-refractivity contribution < 1.29 is 15.0 Å². The lowest BCUT2D eigenvalue weighted by Crippen LogP contribution is -2.56. The first-order chi connectivity index (χ1) is 17.4. The highest BCUT2D eigenvalue weighted by atomic mass is 35.5. The molecule has 2 aromatic rings. The van der Waals surface area contributed by atoms with E-state index < -0.39 is 6.10 Å². The van der Waals surface area contributed by atoms with Crippen LogP contribution in [0.1, 0.15) is 75.5 Å². The number of rotatable bonds is 12. The second-order valence-corrected chi connectivity index (χ2v) is 10.7. The SMILES string of the molecule is C=CC(CC)[C@@H]1C[C@H](c2cccc(Cl)c2)C(c2ccc(Cl)cc2)N(C(CC)C(O)CCCCO)C1=O. The van der Waals surface area contributed by atoms with Crippen molar-refractivity contribution in [2.24, 2.45) is 11.8 Å². The predicted molar refractivity (Wildman–Crippen MR) is 148 cm³/mol. The van der Waals surface area contributed by atoms with Crippen LogP contribution in [0, 0.1) is 11.8 Å². The van der Waals surface area contributed by atoms with E-state index in [1.54, 1.807) is 0 Å². The molecule has 1 amide bonds. The Hall–Kier alpha value is -1.85. The highest BCUT2D eigenvalue weighted by molar-refractivity contribution is 6.30. The van der Waals surface area contributed by atoms with Crippen LogP contribution in [0.5, 0.6) is 0 Å². The second-order valence-electron chi connectivity index (χ2n) is 9.82. The van der Waals surface area contributed by atoms with Gasteiger partial charge in [-0.3, -0.25) is 4.79 Å². The molecule has 0 aliphatic carbocycles. The summed E-state index contributed by atoms with van der Waals surface area (Å²) in [5.41, 5.74) is 2.07. The summed E-state index contributed by atoms with van der Waals surface area (Å²) in [6.45, 7) is 8.24. The van der Waals surface area contributed by atoms with Crippen LogP contribution < -0.4 is 0 Å². The molecule has 6 atom stereocenters. The van der Waals surface area contributed by atoms with Crippen LogP contribution in [0.25, 0.3) is 0 Å². The molecule has 0 aromatic heterocycles. The zero-order chi connectivity index (χ0) is 26.2. The number of carbonyl (C=O) groups is 1. The summed E-state index contributed by atoms with van der Waals surface area (Å²) in [5.74, 6) is -0.149. The summed E-state index contributed by atoms with van der Waals surface area (Å²) >= 11 is 12.7. The summed E-state index contributed by atoms with van der Waals surface area (Å²) in [5, 5.41) is 21.9. The second kappa shape index (κ2) is 13.6. The van der Waals surface area contributed by atoms with Crippen LogP contribution in [-0.2, 0) is 4.79 Å². The van der Waals surface area contributed by atoms with E-state index in [-0.39, 0.29) is 42.4 Å². The van der Waals surface area contributed by atoms with E-state index in [4.69, 9.17) is 23.2 Å². The first kappa shape index (κ1) is 28.7. The van der Waals surface area contributed by atoms with Crippen LogP contribution >= 0.6 is 23.2 Å². The molecule has 0 bridgehead atoms. The molecule has 4 nitrogen and oxygen atoms in total. The minimum Gasteiger partial charge on any atom is -0.396 e. The maximum atomic E-state index is 14.3. The molecule has 3 rings (SSSR count). The third-order valence-electron chi connectivity index (χ3n) is 7.67. The van der Waals surface area contributed by atoms with Crippen molar-refractivity contribution in [1.82, 2.24) is 4.90 Å². The number of carbonyl (C=O) groups excluding carboxylic acids is 1. The largest absolute Gasteiger partial charge is 0.396 e. The van der Waals surface area contributed by atoms with Gasteiger partial charge in [0.25, 0.3) is 0 Å². The Morgan fingerprint density at radius 1 is 1.06 bits per heavy atom. The van der Waals surface area contributed by atoms with Crippen molar-refractivity contribution in [3.63, 3.8) is 0 Å². The fraction of sp³-hybridized carbons (Fsp3) is 0.500. The molecule has 1 heterocycles. The lowest BCUT2D eigenvalue weighted by atomic mass is 9.70. The molecule has 2 aromatic carbocycles. The third kappa shape index (κ3) is 6.52. The number of aliphatic hydroxyl groups excluding tert-OH is 2. The highest BCUT2D eigenvalue weighted by Crippen LogP contribution is 2.49. The number of likely N-dealkylation sites (tertiary alicyclic amines) is 1. The highest BCUT2D eigenvalue weighted by Gasteiger charge is 2.48. The summed E-state index contributed by atoms with van der Waals surface area (Å²) in [7, 11) is 0. The molecule has 0 saturated carbocycles. The van der Waals surface area contributed by atoms with Gasteiger partial charge in [0, 0.05) is 28.5 Å². The van der Waals surface area contributed by atoms with Crippen LogP contribution in [-0.4, -0.2) is 39.8 Å². The van der Waals surface area contributed by atoms with Gasteiger partial charge in [-0.15, -0.1) is 6.58 Å². The van der Waals surface area contributed by atoms with Crippen molar-refractivity contribution in [3.05, 3.63) is 82.4 Å². The van der Waals surface area contributed by atoms with E-state index in [1.807, 2.05) is 60.4 Å². The molecule has 36 heavy (non-hydrogen) atoms. The van der Waals surface area contributed by atoms with Crippen molar-refractivity contribution >= 4 is 29.1 Å². The lowest BCUT2D eigenvalue weighted by molar-refractivity contribution is -0.152. The number of piperidine rings is 1. The Morgan fingerprint density at radius 2 is 1.78 bits per heavy atom. The number of benzene rings is 2. The number of hydrogen-bond donors (Lipinski definition) is 2. The van der Waals surface area contributed by atoms with Gasteiger partial charge in [0.05, 0.1) is 18.2 Å². The topological polar surface area (TPSA) is 60.8 Å². The zero-order valence-electron chi connectivity index (χ0n) is 21.3. The van der Waals surface area contributed by atoms with Crippen molar-refractivity contribution in [3.8, 4) is 0 Å². The molecule has 1 saturated heterocycles. The fourth-order valence-electron chi connectivity index (χ4n) is 5.79. The Labute approximate surface area is 225 Å². The van der Waals surface area contributed by atoms with Gasteiger partial charge in [-0.25, -0.2) is 0 Å². The fourth-order valence-corrected chi connectivity index (χ4v) is 6.11. The van der Waals surface area contributed by atoms with E-state index in [1.165, 1.54) is 0 Å². The Morgan fingerprint density at radius 3 is 2.36 bits per heavy atom. The number of amides is 1. The van der Waals surface area contributed by atoms with Gasteiger partial charge in [-0.1, -0.05) is 67.4 Å². The minimum atomic E-state index is -0.692. The number of halogens is 2. The zero-order valence-corrected chi connectivity index (χ0v) is 22.8. The van der Waals surface area contributed by atoms with E-state index in [0.717, 1.165) is 17.5 Å². The van der Waals surface area contributed by atoms with Gasteiger partial charge in [0.1, 0.15) is 0 Å². The molecule has 0 spiro atoms. The average Bonchev–Trinajstić information content (AvgIpc) is 2.87. The van der Waals surface area contributed by atoms with Crippen molar-refractivity contribution in [2.75, 3.05) is 6.61 Å². The van der Waals surface area contributed by atoms with Crippen LogP contribution in [0.15, 0.2) is 61.2 Å². The van der Waals surface area contributed by atoms with Crippen LogP contribution in [0.4, 0.5) is 0 Å². The maximum absolute atomic E-state index is 14.3. The summed E-state index contributed by atoms with van der Waals surface area (Å²) in [4.78, 5) is 16.2. The molecule has 1 aliphatic rings. The van der Waals surface area contributed by atoms with Gasteiger partial charge < -0.3 is 15.1 Å². The molecule has 0 radical (unpaired) electrons. The number of hydrogen-bond acceptors (Lipinski definition) is 3. The maximum Gasteiger partial charge on any atom is 0.227 e. The summed E-state index contributed by atoms with van der Waals surface area (Å²) in [6, 6.07) is 15.0. The average molecular weight is 533 g/mol. The molecular weight excluding hydrogens is 493 g/mol. The number of unbranched alkanes of at least 4 members (excludes halogenated alkanes) is 1. The minimum absolute atomic E-state index is 0.0136. The van der Waals surface area contributed by atoms with Crippen LogP contribution in [0.2, 0.25) is 10.0 Å². The molecule has 6 heteroatoms. The number of nitrogens with zero attached hydrogens (tertiary/aromatic N) is 1. The van der Waals surface area contributed by atoms with E-state index in [9.17, 15) is 15.0 Å². The smallest absolute Gasteiger partial charge is 0.227 e. The molecule has 1 fully saturated rings. The lowest BCUT2D eigenvalue weighted by Gasteiger charge is -2.50. The normalized spacial score (nSPS) is 22.8. The molecule has 4 unspecified atom stereocenters. The Balaban J connectivity index is 2.17. The Bertz CT molecular complexity index is 996. The van der Waals surface area contributed by atoms with Gasteiger partial charge in [0.2, 0.25) is 5.91 Å². The molecular formula is C30H39Cl2NO3. The summed E-state index contributed by atoms with van der Waals surface area (Å²) < 4.78 is 0. The van der Waals surface area contributed by atoms with E-state index >= 15 is 0 Å². The van der Waals surface area contributed by atoms with Crippen LogP contribution in [0.3, 0.4) is 0 Å². The van der Waals surface area contributed by atoms with Crippen molar-refractivity contribution in [2.45, 2.75) is 76.5 Å². The number of allylic oxidation sites excluding steroid dienone is 1. The summed E-state index contributed by atoms with van der Waals surface area (Å²) in [6.07, 6.45) is 5.18. The third-order valence-corrected chi connectivity index (χ3v) is 8.15. The van der Waals surface area contributed by atoms with Crippen molar-refractivity contribution in [1.29, 1.82) is 0 Å². The molecule has 2 N–H and O–H groups in total. The van der Waals surface area contributed by atoms with Gasteiger partial charge in [0.15, 0.2) is 0 Å². The van der Waals surface area contributed by atoms with Gasteiger partial charge in [-0.05, 0) is 79.8 Å². The van der Waals surface area contributed by atoms with E-state index in [0.29, 0.717) is 42.1 Å². The van der Waals surface area contributed by atoms with E-state index in [2.05, 4.69) is 19.6 Å². The quantitative estimate of drug-likeness (QED) is 0.225. The standard InChI is InChI=1S/C30H39Cl2NO3/c1-4-20(5-2)26-19-25(22-10-9-11-24(32)18-22)29(21-13-15-23(31)16-14-21)33(30(26)36)27(6-3)28(35)12-7-8-17-34/h4,9-11,13-16,18,20,25-29,34-35H,1,5-8,12,17,19H2,2-3H3/t20?,25-,26+,27?,28?,29?/m1/s1. The molecule has 1 aliphatic heterocycles. The number of aliphatic hydroxyl groups is 2. The monoisotopic (exact) mass is 531 g/mol. The van der Waals surface area contributed by atoms with Gasteiger partial charge in [-0.2, -0.15) is 0 Å². The predicted octanol–water partition coefficient (Wildman–Crippen LogP) is 7.18. The molecule has 196 valence electrons. The first-order valence-electron chi connectivity index (χ1n) is 13.1. The van der Waals surface area contributed by atoms with Gasteiger partial charge >= 0.3 is 0 Å².